The van der Waals surface area contributed by atoms with Gasteiger partial charge in [0.1, 0.15) is 18.6 Å². The van der Waals surface area contributed by atoms with E-state index in [0.29, 0.717) is 6.61 Å². The first-order chi connectivity index (χ1) is 7.38. The van der Waals surface area contributed by atoms with Gasteiger partial charge in [0.25, 0.3) is 0 Å². The van der Waals surface area contributed by atoms with Crippen molar-refractivity contribution in [2.45, 2.75) is 6.61 Å². The summed E-state index contributed by atoms with van der Waals surface area (Å²) in [5, 5.41) is 6.64. The fourth-order valence-corrected chi connectivity index (χ4v) is 1.18. The molecule has 2 aromatic rings. The highest BCUT2D eigenvalue weighted by molar-refractivity contribution is 5.45. The molecule has 0 atom stereocenters. The number of nitrogens with one attached hydrogen (secondary N) is 1. The molecule has 1 aromatic heterocycles. The Morgan fingerprint density at radius 3 is 2.73 bits per heavy atom. The van der Waals surface area contributed by atoms with Crippen LogP contribution in [0.4, 0.5) is 5.69 Å². The molecule has 0 aliphatic rings. The summed E-state index contributed by atoms with van der Waals surface area (Å²) in [6.07, 6.45) is 3.21. The van der Waals surface area contributed by atoms with Crippen LogP contribution in [0.25, 0.3) is 0 Å². The largest absolute Gasteiger partial charge is 0.489 e. The fourth-order valence-electron chi connectivity index (χ4n) is 1.18. The maximum atomic E-state index is 5.52. The molecule has 0 bridgehead atoms. The minimum Gasteiger partial charge on any atom is -0.489 e. The van der Waals surface area contributed by atoms with E-state index in [1.807, 2.05) is 31.3 Å². The van der Waals surface area contributed by atoms with Crippen LogP contribution in [-0.4, -0.2) is 12.2 Å². The molecule has 1 heterocycles. The Hall–Kier alpha value is -1.97. The van der Waals surface area contributed by atoms with E-state index in [1.165, 1.54) is 0 Å². The van der Waals surface area contributed by atoms with Crippen LogP contribution in [0.5, 0.6) is 5.75 Å². The van der Waals surface area contributed by atoms with Crippen molar-refractivity contribution in [2.75, 3.05) is 12.4 Å². The lowest BCUT2D eigenvalue weighted by atomic mass is 10.3. The van der Waals surface area contributed by atoms with Crippen LogP contribution in [0, 0.1) is 0 Å². The average molecular weight is 204 g/mol. The third-order valence-corrected chi connectivity index (χ3v) is 2.03. The van der Waals surface area contributed by atoms with Crippen molar-refractivity contribution in [3.8, 4) is 5.75 Å². The Bertz CT molecular complexity index is 395. The Labute approximate surface area is 87.8 Å². The number of hydrogen-bond acceptors (Lipinski definition) is 4. The van der Waals surface area contributed by atoms with Crippen LogP contribution in [-0.2, 0) is 6.61 Å². The third kappa shape index (κ3) is 2.49. The van der Waals surface area contributed by atoms with Crippen LogP contribution < -0.4 is 10.1 Å². The molecule has 0 spiro atoms. The number of aromatic nitrogens is 1. The summed E-state index contributed by atoms with van der Waals surface area (Å²) in [6, 6.07) is 7.75. The van der Waals surface area contributed by atoms with E-state index in [0.717, 1.165) is 17.0 Å². The monoisotopic (exact) mass is 204 g/mol. The minimum absolute atomic E-state index is 0.475. The maximum Gasteiger partial charge on any atom is 0.130 e. The first kappa shape index (κ1) is 9.58. The molecule has 1 aromatic carbocycles. The SMILES string of the molecule is CNc1ccc(OCc2cnoc2)cc1. The van der Waals surface area contributed by atoms with Crippen molar-refractivity contribution >= 4 is 5.69 Å². The normalized spacial score (nSPS) is 9.93. The Morgan fingerprint density at radius 1 is 1.33 bits per heavy atom. The molecule has 0 fully saturated rings. The van der Waals surface area contributed by atoms with Gasteiger partial charge in [0.2, 0.25) is 0 Å². The van der Waals surface area contributed by atoms with Gasteiger partial charge in [-0.05, 0) is 24.3 Å². The smallest absolute Gasteiger partial charge is 0.130 e. The van der Waals surface area contributed by atoms with Crippen LogP contribution >= 0.6 is 0 Å². The van der Waals surface area contributed by atoms with Gasteiger partial charge in [-0.2, -0.15) is 0 Å². The van der Waals surface area contributed by atoms with Crippen molar-refractivity contribution in [3.05, 3.63) is 42.3 Å². The van der Waals surface area contributed by atoms with Crippen molar-refractivity contribution in [1.82, 2.24) is 5.16 Å². The van der Waals surface area contributed by atoms with E-state index in [2.05, 4.69) is 10.5 Å². The molecule has 0 amide bonds. The Kier molecular flexibility index (Phi) is 2.88. The lowest BCUT2D eigenvalue weighted by Crippen LogP contribution is -1.94. The van der Waals surface area contributed by atoms with Crippen LogP contribution in [0.3, 0.4) is 0 Å². The van der Waals surface area contributed by atoms with E-state index >= 15 is 0 Å². The molecule has 4 heteroatoms. The molecule has 2 rings (SSSR count). The third-order valence-electron chi connectivity index (χ3n) is 2.03. The number of nitrogens with zero attached hydrogens (tertiary/aromatic N) is 1. The Morgan fingerprint density at radius 2 is 2.13 bits per heavy atom. The van der Waals surface area contributed by atoms with E-state index in [1.54, 1.807) is 12.5 Å². The summed E-state index contributed by atoms with van der Waals surface area (Å²) in [4.78, 5) is 0. The summed E-state index contributed by atoms with van der Waals surface area (Å²) in [6.45, 7) is 0.475. The van der Waals surface area contributed by atoms with Crippen molar-refractivity contribution in [1.29, 1.82) is 0 Å². The molecule has 4 nitrogen and oxygen atoms in total. The summed E-state index contributed by atoms with van der Waals surface area (Å²) in [5.74, 6) is 0.829. The second-order valence-electron chi connectivity index (χ2n) is 3.10. The fraction of sp³-hybridized carbons (Fsp3) is 0.182. The Balaban J connectivity index is 1.93. The van der Waals surface area contributed by atoms with Crippen molar-refractivity contribution in [2.24, 2.45) is 0 Å². The second-order valence-corrected chi connectivity index (χ2v) is 3.10. The maximum absolute atomic E-state index is 5.52. The van der Waals surface area contributed by atoms with Gasteiger partial charge in [-0.25, -0.2) is 0 Å². The first-order valence-corrected chi connectivity index (χ1v) is 4.67. The lowest BCUT2D eigenvalue weighted by Gasteiger charge is -2.05. The highest BCUT2D eigenvalue weighted by atomic mass is 16.5. The van der Waals surface area contributed by atoms with Gasteiger partial charge in [0, 0.05) is 18.3 Å². The van der Waals surface area contributed by atoms with Gasteiger partial charge in [-0.3, -0.25) is 0 Å². The van der Waals surface area contributed by atoms with Crippen LogP contribution in [0.2, 0.25) is 0 Å². The van der Waals surface area contributed by atoms with Gasteiger partial charge < -0.3 is 14.6 Å². The summed E-state index contributed by atoms with van der Waals surface area (Å²) in [5.41, 5.74) is 1.99. The molecular weight excluding hydrogens is 192 g/mol. The van der Waals surface area contributed by atoms with Gasteiger partial charge in [-0.15, -0.1) is 0 Å². The van der Waals surface area contributed by atoms with E-state index in [-0.39, 0.29) is 0 Å². The zero-order valence-corrected chi connectivity index (χ0v) is 8.43. The molecule has 78 valence electrons. The highest BCUT2D eigenvalue weighted by Gasteiger charge is 1.97. The van der Waals surface area contributed by atoms with Gasteiger partial charge in [0.15, 0.2) is 0 Å². The topological polar surface area (TPSA) is 47.3 Å². The molecule has 0 unspecified atom stereocenters. The van der Waals surface area contributed by atoms with E-state index in [4.69, 9.17) is 9.26 Å². The first-order valence-electron chi connectivity index (χ1n) is 4.67. The van der Waals surface area contributed by atoms with Gasteiger partial charge >= 0.3 is 0 Å². The molecule has 0 aliphatic carbocycles. The zero-order valence-electron chi connectivity index (χ0n) is 8.43. The zero-order chi connectivity index (χ0) is 10.5. The highest BCUT2D eigenvalue weighted by Crippen LogP contribution is 2.16. The average Bonchev–Trinajstić information content (AvgIpc) is 2.80. The predicted molar refractivity (Wildman–Crippen MR) is 56.8 cm³/mol. The quantitative estimate of drug-likeness (QED) is 0.830. The second kappa shape index (κ2) is 4.50. The van der Waals surface area contributed by atoms with Gasteiger partial charge in [-0.1, -0.05) is 5.16 Å². The molecule has 15 heavy (non-hydrogen) atoms. The number of hydrogen-bond donors (Lipinski definition) is 1. The number of anilines is 1. The lowest BCUT2D eigenvalue weighted by molar-refractivity contribution is 0.304. The van der Waals surface area contributed by atoms with Crippen molar-refractivity contribution < 1.29 is 9.26 Å². The number of benzene rings is 1. The predicted octanol–water partition coefficient (Wildman–Crippen LogP) is 2.30. The minimum atomic E-state index is 0.475. The summed E-state index contributed by atoms with van der Waals surface area (Å²) >= 11 is 0. The molecule has 0 radical (unpaired) electrons. The standard InChI is InChI=1S/C11H12N2O2/c1-12-10-2-4-11(5-3-10)14-7-9-6-13-15-8-9/h2-6,8,12H,7H2,1H3. The number of rotatable bonds is 4. The van der Waals surface area contributed by atoms with Crippen molar-refractivity contribution in [3.63, 3.8) is 0 Å². The van der Waals surface area contributed by atoms with Crippen LogP contribution in [0.1, 0.15) is 5.56 Å². The van der Waals surface area contributed by atoms with Gasteiger partial charge in [0.05, 0.1) is 6.20 Å². The molecule has 1 N–H and O–H groups in total. The van der Waals surface area contributed by atoms with E-state index in [9.17, 15) is 0 Å². The summed E-state index contributed by atoms with van der Waals surface area (Å²) < 4.78 is 10.2. The summed E-state index contributed by atoms with van der Waals surface area (Å²) in [7, 11) is 1.88. The molecular formula is C11H12N2O2. The van der Waals surface area contributed by atoms with Crippen LogP contribution in [0.15, 0.2) is 41.2 Å². The molecule has 0 aliphatic heterocycles. The number of ether oxygens (including phenoxy) is 1. The molecule has 0 saturated heterocycles. The molecule has 0 saturated carbocycles. The van der Waals surface area contributed by atoms with E-state index < -0.39 is 0 Å².